The van der Waals surface area contributed by atoms with Crippen molar-refractivity contribution >= 4 is 18.6 Å². The summed E-state index contributed by atoms with van der Waals surface area (Å²) < 4.78 is 16.8. The van der Waals surface area contributed by atoms with Crippen LogP contribution in [0, 0.1) is 0 Å². The third kappa shape index (κ3) is 3.36. The number of hydrogen-bond donors (Lipinski definition) is 0. The normalized spacial score (nSPS) is 20.7. The Morgan fingerprint density at radius 1 is 1.14 bits per heavy atom. The number of carbonyl (C=O) groups is 1. The molecule has 0 aliphatic carbocycles. The van der Waals surface area contributed by atoms with Crippen LogP contribution in [-0.4, -0.2) is 31.4 Å². The molecule has 1 aliphatic rings. The van der Waals surface area contributed by atoms with E-state index in [-0.39, 0.29) is 30.2 Å². The SMILES string of the molecule is COC(=O)CC(C)c1ccc(B2OC(C)(C)C(C)(C)O2)cc1. The molecule has 0 amide bonds. The third-order valence-electron chi connectivity index (χ3n) is 4.73. The molecule has 1 aromatic carbocycles. The van der Waals surface area contributed by atoms with Crippen LogP contribution in [0.1, 0.15) is 52.5 Å². The molecule has 1 atom stereocenters. The number of esters is 1. The summed E-state index contributed by atoms with van der Waals surface area (Å²) in [6.45, 7) is 10.2. The molecule has 1 saturated heterocycles. The molecule has 1 unspecified atom stereocenters. The standard InChI is InChI=1S/C17H25BO4/c1-12(11-15(19)20-6)13-7-9-14(10-8-13)18-21-16(2,3)17(4,5)22-18/h7-10,12H,11H2,1-6H3. The van der Waals surface area contributed by atoms with Gasteiger partial charge in [-0.15, -0.1) is 0 Å². The molecule has 1 fully saturated rings. The second-order valence-corrected chi connectivity index (χ2v) is 6.94. The summed E-state index contributed by atoms with van der Waals surface area (Å²) in [6, 6.07) is 8.05. The Morgan fingerprint density at radius 2 is 1.64 bits per heavy atom. The minimum atomic E-state index is -0.352. The van der Waals surface area contributed by atoms with Crippen LogP contribution >= 0.6 is 0 Å². The highest BCUT2D eigenvalue weighted by molar-refractivity contribution is 6.62. The van der Waals surface area contributed by atoms with Crippen molar-refractivity contribution in [2.45, 2.75) is 58.2 Å². The number of carbonyl (C=O) groups excluding carboxylic acids is 1. The maximum Gasteiger partial charge on any atom is 0.494 e. The van der Waals surface area contributed by atoms with Crippen molar-refractivity contribution in [2.24, 2.45) is 0 Å². The zero-order valence-corrected chi connectivity index (χ0v) is 14.3. The molecule has 0 radical (unpaired) electrons. The van der Waals surface area contributed by atoms with Crippen LogP contribution in [0.25, 0.3) is 0 Å². The molecule has 0 aromatic heterocycles. The van der Waals surface area contributed by atoms with E-state index in [9.17, 15) is 4.79 Å². The van der Waals surface area contributed by atoms with Crippen LogP contribution in [0.5, 0.6) is 0 Å². The molecule has 0 saturated carbocycles. The van der Waals surface area contributed by atoms with Gasteiger partial charge in [0.2, 0.25) is 0 Å². The summed E-state index contributed by atoms with van der Waals surface area (Å²) in [7, 11) is 1.06. The van der Waals surface area contributed by atoms with Crippen molar-refractivity contribution in [3.8, 4) is 0 Å². The Bertz CT molecular complexity index is 520. The van der Waals surface area contributed by atoms with E-state index >= 15 is 0 Å². The molecule has 5 heteroatoms. The van der Waals surface area contributed by atoms with Gasteiger partial charge in [0.15, 0.2) is 0 Å². The number of hydrogen-bond acceptors (Lipinski definition) is 4. The average molecular weight is 304 g/mol. The van der Waals surface area contributed by atoms with Gasteiger partial charge in [0.25, 0.3) is 0 Å². The highest BCUT2D eigenvalue weighted by Crippen LogP contribution is 2.36. The lowest BCUT2D eigenvalue weighted by molar-refractivity contribution is -0.140. The summed E-state index contributed by atoms with van der Waals surface area (Å²) in [5, 5.41) is 0. The maximum atomic E-state index is 11.4. The zero-order chi connectivity index (χ0) is 16.5. The van der Waals surface area contributed by atoms with Crippen molar-refractivity contribution in [1.82, 2.24) is 0 Å². The Morgan fingerprint density at radius 3 is 2.09 bits per heavy atom. The predicted molar refractivity (Wildman–Crippen MR) is 87.2 cm³/mol. The van der Waals surface area contributed by atoms with Crippen LogP contribution in [0.4, 0.5) is 0 Å². The molecule has 22 heavy (non-hydrogen) atoms. The second-order valence-electron chi connectivity index (χ2n) is 6.94. The lowest BCUT2D eigenvalue weighted by Gasteiger charge is -2.32. The van der Waals surface area contributed by atoms with E-state index in [1.165, 1.54) is 7.11 Å². The Kier molecular flexibility index (Phi) is 4.69. The summed E-state index contributed by atoms with van der Waals surface area (Å²) in [5.74, 6) is -0.0673. The number of methoxy groups -OCH3 is 1. The van der Waals surface area contributed by atoms with Gasteiger partial charge < -0.3 is 14.0 Å². The van der Waals surface area contributed by atoms with Crippen molar-refractivity contribution in [2.75, 3.05) is 7.11 Å². The quantitative estimate of drug-likeness (QED) is 0.634. The van der Waals surface area contributed by atoms with Crippen LogP contribution in [0.15, 0.2) is 24.3 Å². The second kappa shape index (κ2) is 6.05. The molecule has 4 nitrogen and oxygen atoms in total. The minimum Gasteiger partial charge on any atom is -0.469 e. The van der Waals surface area contributed by atoms with Gasteiger partial charge in [-0.1, -0.05) is 31.2 Å². The molecular weight excluding hydrogens is 279 g/mol. The van der Waals surface area contributed by atoms with Crippen molar-refractivity contribution in [3.63, 3.8) is 0 Å². The van der Waals surface area contributed by atoms with Crippen LogP contribution in [0.2, 0.25) is 0 Å². The fourth-order valence-corrected chi connectivity index (χ4v) is 2.41. The Hall–Kier alpha value is -1.33. The highest BCUT2D eigenvalue weighted by Gasteiger charge is 2.51. The van der Waals surface area contributed by atoms with E-state index < -0.39 is 0 Å². The van der Waals surface area contributed by atoms with E-state index in [1.54, 1.807) is 0 Å². The molecule has 0 bridgehead atoms. The number of rotatable bonds is 4. The first kappa shape index (κ1) is 17.0. The van der Waals surface area contributed by atoms with E-state index in [4.69, 9.17) is 14.0 Å². The van der Waals surface area contributed by atoms with Crippen LogP contribution < -0.4 is 5.46 Å². The van der Waals surface area contributed by atoms with Gasteiger partial charge in [0.1, 0.15) is 0 Å². The third-order valence-corrected chi connectivity index (χ3v) is 4.73. The van der Waals surface area contributed by atoms with Gasteiger partial charge in [0.05, 0.1) is 24.7 Å². The van der Waals surface area contributed by atoms with Crippen molar-refractivity contribution in [3.05, 3.63) is 29.8 Å². The highest BCUT2D eigenvalue weighted by atomic mass is 16.7. The maximum absolute atomic E-state index is 11.4. The zero-order valence-electron chi connectivity index (χ0n) is 14.3. The molecule has 120 valence electrons. The monoisotopic (exact) mass is 304 g/mol. The summed E-state index contributed by atoms with van der Waals surface area (Å²) in [6.07, 6.45) is 0.381. The number of ether oxygens (including phenoxy) is 1. The molecule has 1 aliphatic heterocycles. The first-order valence-electron chi connectivity index (χ1n) is 7.68. The van der Waals surface area contributed by atoms with E-state index in [0.29, 0.717) is 6.42 Å². The Labute approximate surface area is 133 Å². The van der Waals surface area contributed by atoms with Crippen molar-refractivity contribution < 1.29 is 18.8 Å². The van der Waals surface area contributed by atoms with Crippen LogP contribution in [-0.2, 0) is 18.8 Å². The minimum absolute atomic E-state index is 0.125. The molecule has 2 rings (SSSR count). The lowest BCUT2D eigenvalue weighted by atomic mass is 9.78. The van der Waals surface area contributed by atoms with E-state index in [0.717, 1.165) is 11.0 Å². The van der Waals surface area contributed by atoms with Crippen LogP contribution in [0.3, 0.4) is 0 Å². The van der Waals surface area contributed by atoms with E-state index in [2.05, 4.69) is 0 Å². The summed E-state index contributed by atoms with van der Waals surface area (Å²) in [5.41, 5.74) is 1.42. The van der Waals surface area contributed by atoms with Gasteiger partial charge >= 0.3 is 13.1 Å². The molecule has 1 aromatic rings. The first-order valence-corrected chi connectivity index (χ1v) is 7.68. The lowest BCUT2D eigenvalue weighted by Crippen LogP contribution is -2.41. The van der Waals surface area contributed by atoms with E-state index in [1.807, 2.05) is 58.9 Å². The van der Waals surface area contributed by atoms with Gasteiger partial charge in [0, 0.05) is 0 Å². The topological polar surface area (TPSA) is 44.8 Å². The van der Waals surface area contributed by atoms with Gasteiger partial charge in [-0.3, -0.25) is 4.79 Å². The fourth-order valence-electron chi connectivity index (χ4n) is 2.41. The molecule has 1 heterocycles. The largest absolute Gasteiger partial charge is 0.494 e. The van der Waals surface area contributed by atoms with Gasteiger partial charge in [-0.05, 0) is 44.6 Å². The van der Waals surface area contributed by atoms with Gasteiger partial charge in [-0.25, -0.2) is 0 Å². The molecule has 0 N–H and O–H groups in total. The average Bonchev–Trinajstić information content (AvgIpc) is 2.67. The Balaban J connectivity index is 2.09. The molecular formula is C17H25BO4. The number of benzene rings is 1. The van der Waals surface area contributed by atoms with Gasteiger partial charge in [-0.2, -0.15) is 0 Å². The summed E-state index contributed by atoms with van der Waals surface area (Å²) in [4.78, 5) is 11.4. The summed E-state index contributed by atoms with van der Waals surface area (Å²) >= 11 is 0. The smallest absolute Gasteiger partial charge is 0.469 e. The fraction of sp³-hybridized carbons (Fsp3) is 0.588. The first-order chi connectivity index (χ1) is 10.2. The predicted octanol–water partition coefficient (Wildman–Crippen LogP) is 2.65. The van der Waals surface area contributed by atoms with Crippen molar-refractivity contribution in [1.29, 1.82) is 0 Å². The molecule has 0 spiro atoms.